The number of rotatable bonds is 10. The minimum atomic E-state index is -2.90. The van der Waals surface area contributed by atoms with Gasteiger partial charge in [-0.25, -0.2) is 13.9 Å². The van der Waals surface area contributed by atoms with Gasteiger partial charge in [0, 0.05) is 48.2 Å². The van der Waals surface area contributed by atoms with Crippen LogP contribution in [0, 0.1) is 0 Å². The lowest BCUT2D eigenvalue weighted by Crippen LogP contribution is -2.40. The number of benzene rings is 2. The Morgan fingerprint density at radius 3 is 2.41 bits per heavy atom. The Morgan fingerprint density at radius 2 is 1.85 bits per heavy atom. The van der Waals surface area contributed by atoms with Crippen molar-refractivity contribution in [2.24, 2.45) is 0 Å². The third-order valence-electron chi connectivity index (χ3n) is 5.27. The van der Waals surface area contributed by atoms with Gasteiger partial charge in [-0.05, 0) is 70.0 Å². The molecular weight excluding hydrogens is 532 g/mol. The number of nitrogens with zero attached hydrogens (tertiary/aromatic N) is 2. The van der Waals surface area contributed by atoms with E-state index in [0.717, 1.165) is 26.7 Å². The molecule has 2 atom stereocenters. The van der Waals surface area contributed by atoms with Gasteiger partial charge in [0.25, 0.3) is 6.47 Å². The number of anilines is 2. The van der Waals surface area contributed by atoms with Crippen LogP contribution in [0.4, 0.5) is 11.4 Å². The summed E-state index contributed by atoms with van der Waals surface area (Å²) in [6.45, 7) is 14.1. The average Bonchev–Trinajstić information content (AvgIpc) is 3.34. The van der Waals surface area contributed by atoms with E-state index in [2.05, 4.69) is 20.9 Å². The van der Waals surface area contributed by atoms with Gasteiger partial charge < -0.3 is 15.0 Å². The van der Waals surface area contributed by atoms with E-state index in [1.165, 1.54) is 18.3 Å². The van der Waals surface area contributed by atoms with Crippen molar-refractivity contribution >= 4 is 50.7 Å². The highest BCUT2D eigenvalue weighted by atomic mass is 32.2. The zero-order valence-corrected chi connectivity index (χ0v) is 25.7. The van der Waals surface area contributed by atoms with Crippen molar-refractivity contribution in [2.45, 2.75) is 65.0 Å². The summed E-state index contributed by atoms with van der Waals surface area (Å²) in [5.41, 5.74) is 2.80. The number of likely N-dealkylation sites (N-methyl/N-ethyl adjacent to an activating group) is 1. The van der Waals surface area contributed by atoms with Crippen LogP contribution in [0.1, 0.15) is 48.5 Å². The summed E-state index contributed by atoms with van der Waals surface area (Å²) < 4.78 is 21.9. The summed E-state index contributed by atoms with van der Waals surface area (Å²) in [6, 6.07) is 13.3. The van der Waals surface area contributed by atoms with Gasteiger partial charge in [0.15, 0.2) is 0 Å². The largest absolute Gasteiger partial charge is 0.463 e. The molecule has 0 bridgehead atoms. The van der Waals surface area contributed by atoms with Gasteiger partial charge in [0.05, 0.1) is 26.0 Å². The minimum Gasteiger partial charge on any atom is -0.463 e. The van der Waals surface area contributed by atoms with E-state index in [0.29, 0.717) is 23.6 Å². The van der Waals surface area contributed by atoms with Crippen LogP contribution >= 0.6 is 11.3 Å². The number of hydrogen-bond acceptors (Lipinski definition) is 7. The molecule has 0 saturated heterocycles. The van der Waals surface area contributed by atoms with Crippen molar-refractivity contribution in [3.05, 3.63) is 48.7 Å². The molecule has 2 aromatic carbocycles. The second-order valence-electron chi connectivity index (χ2n) is 9.92. The first-order valence-corrected chi connectivity index (χ1v) is 15.3. The maximum Gasteiger partial charge on any atom is 0.293 e. The van der Waals surface area contributed by atoms with E-state index in [4.69, 9.17) is 4.74 Å². The van der Waals surface area contributed by atoms with Gasteiger partial charge >= 0.3 is 0 Å². The molecule has 0 aliphatic carbocycles. The van der Waals surface area contributed by atoms with Gasteiger partial charge in [0.1, 0.15) is 11.1 Å². The smallest absolute Gasteiger partial charge is 0.293 e. The fraction of sp³-hybridized carbons (Fsp3) is 0.379. The zero-order valence-electron chi connectivity index (χ0n) is 24.0. The van der Waals surface area contributed by atoms with Crippen molar-refractivity contribution in [1.82, 2.24) is 9.71 Å². The number of amides is 1. The lowest BCUT2D eigenvalue weighted by Gasteiger charge is -2.25. The molecule has 0 saturated carbocycles. The first-order chi connectivity index (χ1) is 18.3. The van der Waals surface area contributed by atoms with Gasteiger partial charge in [-0.2, -0.15) is 0 Å². The van der Waals surface area contributed by atoms with Crippen LogP contribution in [0.2, 0.25) is 0 Å². The summed E-state index contributed by atoms with van der Waals surface area (Å²) in [6.07, 6.45) is 1.55. The third kappa shape index (κ3) is 9.19. The topological polar surface area (TPSA) is 101 Å². The molecule has 0 fully saturated rings. The SMILES string of the molecule is C=S(=O)(NC(C)(C)C)c1cc(NC(C)=O)ccc1-c1cnc(-c2ccc(N(C)CC(C)OC=O)cc2)s1.CC. The molecule has 2 N–H and O–H groups in total. The fourth-order valence-corrected chi connectivity index (χ4v) is 6.82. The van der Waals surface area contributed by atoms with Crippen molar-refractivity contribution in [3.8, 4) is 21.0 Å². The van der Waals surface area contributed by atoms with E-state index >= 15 is 0 Å². The first kappa shape index (κ1) is 32.0. The Hall–Kier alpha value is -3.21. The second kappa shape index (κ2) is 13.7. The molecule has 8 nitrogen and oxygen atoms in total. The van der Waals surface area contributed by atoms with E-state index in [1.807, 2.05) is 83.8 Å². The number of nitrogens with one attached hydrogen (secondary N) is 2. The number of aromatic nitrogens is 1. The molecule has 0 radical (unpaired) electrons. The Labute approximate surface area is 236 Å². The molecule has 0 spiro atoms. The molecule has 2 unspecified atom stereocenters. The van der Waals surface area contributed by atoms with E-state index < -0.39 is 15.2 Å². The summed E-state index contributed by atoms with van der Waals surface area (Å²) in [7, 11) is -0.960. The van der Waals surface area contributed by atoms with Gasteiger partial charge in [-0.1, -0.05) is 19.9 Å². The average molecular weight is 573 g/mol. The Kier molecular flexibility index (Phi) is 11.3. The Balaban J connectivity index is 0.00000260. The Morgan fingerprint density at radius 1 is 1.21 bits per heavy atom. The quantitative estimate of drug-likeness (QED) is 0.234. The van der Waals surface area contributed by atoms with Crippen LogP contribution < -0.4 is 14.9 Å². The predicted octanol–water partition coefficient (Wildman–Crippen LogP) is 5.84. The van der Waals surface area contributed by atoms with Crippen molar-refractivity contribution in [2.75, 3.05) is 23.8 Å². The standard InChI is InChI=1S/C27H34N4O4S2.C2H6/c1-18(35-17-32)16-31(6)22-11-8-20(9-12-22)26-28-15-24(36-26)23-13-10-21(29-19(2)33)14-25(23)37(7,34)30-27(3,4)5;1-2/h8-15,17-18H,7,16H2,1-6H3,(H,29,33)(H,30,34);1-2H3. The van der Waals surface area contributed by atoms with Crippen LogP contribution in [0.15, 0.2) is 53.6 Å². The molecule has 0 aliphatic heterocycles. The van der Waals surface area contributed by atoms with Gasteiger partial charge in [-0.15, -0.1) is 11.3 Å². The maximum absolute atomic E-state index is 13.7. The number of thiazole rings is 1. The normalized spacial score (nSPS) is 13.3. The molecule has 1 amide bonds. The van der Waals surface area contributed by atoms with Crippen molar-refractivity contribution in [3.63, 3.8) is 0 Å². The first-order valence-electron chi connectivity index (χ1n) is 12.7. The number of hydrogen-bond donors (Lipinski definition) is 2. The summed E-state index contributed by atoms with van der Waals surface area (Å²) >= 11 is 1.49. The summed E-state index contributed by atoms with van der Waals surface area (Å²) in [5.74, 6) is 3.80. The molecular formula is C29H40N4O4S2. The molecule has 0 aliphatic rings. The summed E-state index contributed by atoms with van der Waals surface area (Å²) in [5, 5.41) is 3.58. The van der Waals surface area contributed by atoms with Crippen LogP contribution in [-0.2, 0) is 24.0 Å². The van der Waals surface area contributed by atoms with Crippen molar-refractivity contribution in [1.29, 1.82) is 0 Å². The maximum atomic E-state index is 13.7. The van der Waals surface area contributed by atoms with Gasteiger partial charge in [-0.3, -0.25) is 9.59 Å². The third-order valence-corrected chi connectivity index (χ3v) is 8.34. The molecule has 10 heteroatoms. The second-order valence-corrected chi connectivity index (χ2v) is 12.9. The van der Waals surface area contributed by atoms with Crippen LogP contribution in [0.3, 0.4) is 0 Å². The molecule has 1 aromatic heterocycles. The Bertz CT molecular complexity index is 1360. The van der Waals surface area contributed by atoms with Crippen LogP contribution in [0.25, 0.3) is 21.0 Å². The summed E-state index contributed by atoms with van der Waals surface area (Å²) in [4.78, 5) is 30.2. The molecule has 3 rings (SSSR count). The van der Waals surface area contributed by atoms with Crippen LogP contribution in [0.5, 0.6) is 0 Å². The number of carbonyl (C=O) groups excluding carboxylic acids is 2. The van der Waals surface area contributed by atoms with Crippen LogP contribution in [-0.4, -0.2) is 52.7 Å². The fourth-order valence-electron chi connectivity index (χ4n) is 3.85. The lowest BCUT2D eigenvalue weighted by molar-refractivity contribution is -0.132. The van der Waals surface area contributed by atoms with Crippen molar-refractivity contribution < 1.29 is 18.5 Å². The predicted molar refractivity (Wildman–Crippen MR) is 165 cm³/mol. The van der Waals surface area contributed by atoms with E-state index in [1.54, 1.807) is 18.3 Å². The van der Waals surface area contributed by atoms with E-state index in [9.17, 15) is 13.8 Å². The molecule has 212 valence electrons. The lowest BCUT2D eigenvalue weighted by atomic mass is 10.1. The molecule has 39 heavy (non-hydrogen) atoms. The number of ether oxygens (including phenoxy) is 1. The molecule has 1 heterocycles. The zero-order chi connectivity index (χ0) is 29.4. The highest BCUT2D eigenvalue weighted by Crippen LogP contribution is 2.37. The minimum absolute atomic E-state index is 0.210. The van der Waals surface area contributed by atoms with E-state index in [-0.39, 0.29) is 12.0 Å². The molecule has 3 aromatic rings. The highest BCUT2D eigenvalue weighted by Gasteiger charge is 2.22. The van der Waals surface area contributed by atoms with Gasteiger partial charge in [0.2, 0.25) is 5.91 Å². The number of carbonyl (C=O) groups is 2. The monoisotopic (exact) mass is 572 g/mol. The highest BCUT2D eigenvalue weighted by molar-refractivity contribution is 7.98.